The Balaban J connectivity index is 1.82. The molecule has 0 aliphatic rings. The molecular weight excluding hydrogens is 276 g/mol. The van der Waals surface area contributed by atoms with Crippen LogP contribution in [0.5, 0.6) is 17.2 Å². The van der Waals surface area contributed by atoms with Crippen LogP contribution in [0.2, 0.25) is 0 Å². The van der Waals surface area contributed by atoms with Crippen molar-refractivity contribution in [2.24, 2.45) is 0 Å². The van der Waals surface area contributed by atoms with Gasteiger partial charge in [0.2, 0.25) is 0 Å². The van der Waals surface area contributed by atoms with E-state index in [0.717, 1.165) is 24.0 Å². The van der Waals surface area contributed by atoms with Gasteiger partial charge in [0.1, 0.15) is 5.75 Å². The van der Waals surface area contributed by atoms with Gasteiger partial charge in [0, 0.05) is 0 Å². The third-order valence-corrected chi connectivity index (χ3v) is 3.24. The smallest absolute Gasteiger partial charge is 0.160 e. The zero-order chi connectivity index (χ0) is 15.8. The lowest BCUT2D eigenvalue weighted by Gasteiger charge is -2.04. The van der Waals surface area contributed by atoms with Gasteiger partial charge in [-0.05, 0) is 48.2 Å². The van der Waals surface area contributed by atoms with Gasteiger partial charge in [-0.25, -0.2) is 0 Å². The Kier molecular flexibility index (Phi) is 5.66. The first kappa shape index (κ1) is 15.7. The van der Waals surface area contributed by atoms with Crippen LogP contribution in [-0.2, 0) is 6.42 Å². The van der Waals surface area contributed by atoms with Crippen LogP contribution < -0.4 is 4.74 Å². The molecule has 0 fully saturated rings. The standard InChI is InChI=1S/C19H20O3/c1-22-19-14-16(10-13-18(19)21)7-5-3-2-4-6-15-8-11-17(20)12-9-15/h3-6,8-14,20-21H,2,7H2,1H3/b5-3+,6-4?. The molecule has 0 aromatic heterocycles. The normalized spacial score (nSPS) is 11.3. The summed E-state index contributed by atoms with van der Waals surface area (Å²) in [4.78, 5) is 0. The van der Waals surface area contributed by atoms with Crippen LogP contribution >= 0.6 is 0 Å². The molecule has 2 rings (SSSR count). The van der Waals surface area contributed by atoms with E-state index in [1.165, 1.54) is 0 Å². The predicted octanol–water partition coefficient (Wildman–Crippen LogP) is 4.31. The van der Waals surface area contributed by atoms with Crippen LogP contribution in [0.3, 0.4) is 0 Å². The maximum absolute atomic E-state index is 9.53. The monoisotopic (exact) mass is 296 g/mol. The van der Waals surface area contributed by atoms with Crippen molar-refractivity contribution in [1.82, 2.24) is 0 Å². The first-order valence-corrected chi connectivity index (χ1v) is 7.15. The zero-order valence-corrected chi connectivity index (χ0v) is 12.6. The molecule has 3 nitrogen and oxygen atoms in total. The maximum Gasteiger partial charge on any atom is 0.160 e. The average Bonchev–Trinajstić information content (AvgIpc) is 2.54. The fourth-order valence-corrected chi connectivity index (χ4v) is 2.03. The highest BCUT2D eigenvalue weighted by atomic mass is 16.5. The van der Waals surface area contributed by atoms with Gasteiger partial charge in [-0.15, -0.1) is 0 Å². The molecule has 0 aliphatic heterocycles. The largest absolute Gasteiger partial charge is 0.508 e. The minimum atomic E-state index is 0.159. The molecule has 0 saturated heterocycles. The molecular formula is C19H20O3. The number of methoxy groups -OCH3 is 1. The summed E-state index contributed by atoms with van der Waals surface area (Å²) in [7, 11) is 1.54. The van der Waals surface area contributed by atoms with E-state index in [1.807, 2.05) is 30.3 Å². The number of ether oxygens (including phenoxy) is 1. The first-order chi connectivity index (χ1) is 10.7. The molecule has 3 heteroatoms. The topological polar surface area (TPSA) is 49.7 Å². The quantitative estimate of drug-likeness (QED) is 0.781. The highest BCUT2D eigenvalue weighted by Gasteiger charge is 2.00. The summed E-state index contributed by atoms with van der Waals surface area (Å²) in [5.41, 5.74) is 2.16. The summed E-state index contributed by atoms with van der Waals surface area (Å²) in [6.07, 6.45) is 9.91. The first-order valence-electron chi connectivity index (χ1n) is 7.15. The fourth-order valence-electron chi connectivity index (χ4n) is 2.03. The average molecular weight is 296 g/mol. The molecule has 114 valence electrons. The van der Waals surface area contributed by atoms with Gasteiger partial charge in [-0.2, -0.15) is 0 Å². The third kappa shape index (κ3) is 4.70. The molecule has 0 unspecified atom stereocenters. The van der Waals surface area contributed by atoms with Crippen molar-refractivity contribution in [2.75, 3.05) is 7.11 Å². The van der Waals surface area contributed by atoms with E-state index < -0.39 is 0 Å². The molecule has 0 saturated carbocycles. The van der Waals surface area contributed by atoms with Crippen molar-refractivity contribution in [3.63, 3.8) is 0 Å². The van der Waals surface area contributed by atoms with Crippen molar-refractivity contribution in [3.8, 4) is 17.2 Å². The van der Waals surface area contributed by atoms with Crippen molar-refractivity contribution in [2.45, 2.75) is 12.8 Å². The molecule has 0 spiro atoms. The Morgan fingerprint density at radius 2 is 1.73 bits per heavy atom. The summed E-state index contributed by atoms with van der Waals surface area (Å²) >= 11 is 0. The molecule has 2 N–H and O–H groups in total. The number of phenolic OH excluding ortho intramolecular Hbond substituents is 2. The summed E-state index contributed by atoms with van der Waals surface area (Å²) in [6, 6.07) is 12.5. The van der Waals surface area contributed by atoms with Crippen LogP contribution in [0.15, 0.2) is 60.7 Å². The van der Waals surface area contributed by atoms with Gasteiger partial charge < -0.3 is 14.9 Å². The van der Waals surface area contributed by atoms with Gasteiger partial charge in [0.25, 0.3) is 0 Å². The lowest BCUT2D eigenvalue weighted by Crippen LogP contribution is -1.87. The van der Waals surface area contributed by atoms with Gasteiger partial charge in [-0.3, -0.25) is 0 Å². The summed E-state index contributed by atoms with van der Waals surface area (Å²) < 4.78 is 5.08. The van der Waals surface area contributed by atoms with Crippen molar-refractivity contribution >= 4 is 6.08 Å². The maximum atomic E-state index is 9.53. The lowest BCUT2D eigenvalue weighted by molar-refractivity contribution is 0.373. The molecule has 22 heavy (non-hydrogen) atoms. The molecule has 0 heterocycles. The Labute approximate surface area is 130 Å². The highest BCUT2D eigenvalue weighted by Crippen LogP contribution is 2.26. The van der Waals surface area contributed by atoms with E-state index >= 15 is 0 Å². The van der Waals surface area contributed by atoms with Crippen LogP contribution in [0, 0.1) is 0 Å². The van der Waals surface area contributed by atoms with Gasteiger partial charge in [0.05, 0.1) is 7.11 Å². The van der Waals surface area contributed by atoms with E-state index in [0.29, 0.717) is 5.75 Å². The van der Waals surface area contributed by atoms with E-state index in [-0.39, 0.29) is 11.5 Å². The summed E-state index contributed by atoms with van der Waals surface area (Å²) in [5.74, 6) is 0.937. The van der Waals surface area contributed by atoms with Crippen LogP contribution in [0.1, 0.15) is 17.5 Å². The summed E-state index contributed by atoms with van der Waals surface area (Å²) in [6.45, 7) is 0. The number of rotatable bonds is 6. The Morgan fingerprint density at radius 1 is 0.955 bits per heavy atom. The van der Waals surface area contributed by atoms with Crippen LogP contribution in [0.25, 0.3) is 6.08 Å². The van der Waals surface area contributed by atoms with E-state index in [1.54, 1.807) is 25.3 Å². The third-order valence-electron chi connectivity index (χ3n) is 3.24. The molecule has 0 bridgehead atoms. The number of phenols is 2. The fraction of sp³-hybridized carbons (Fsp3) is 0.158. The SMILES string of the molecule is COc1cc(C/C=C/CC=Cc2ccc(O)cc2)ccc1O. The number of benzene rings is 2. The number of hydrogen-bond acceptors (Lipinski definition) is 3. The minimum absolute atomic E-state index is 0.159. The van der Waals surface area contributed by atoms with E-state index in [2.05, 4.69) is 18.2 Å². The molecule has 0 atom stereocenters. The Bertz CT molecular complexity index is 655. The van der Waals surface area contributed by atoms with Crippen molar-refractivity contribution in [1.29, 1.82) is 0 Å². The molecule has 2 aromatic rings. The van der Waals surface area contributed by atoms with Crippen molar-refractivity contribution < 1.29 is 14.9 Å². The Hall–Kier alpha value is -2.68. The van der Waals surface area contributed by atoms with Gasteiger partial charge in [-0.1, -0.05) is 42.5 Å². The van der Waals surface area contributed by atoms with Gasteiger partial charge >= 0.3 is 0 Å². The van der Waals surface area contributed by atoms with E-state index in [4.69, 9.17) is 4.74 Å². The molecule has 0 radical (unpaired) electrons. The lowest BCUT2D eigenvalue weighted by atomic mass is 10.1. The van der Waals surface area contributed by atoms with Crippen LogP contribution in [0.4, 0.5) is 0 Å². The zero-order valence-electron chi connectivity index (χ0n) is 12.6. The summed E-state index contributed by atoms with van der Waals surface area (Å²) in [5, 5.41) is 18.7. The highest BCUT2D eigenvalue weighted by molar-refractivity contribution is 5.50. The number of hydrogen-bond donors (Lipinski definition) is 2. The van der Waals surface area contributed by atoms with E-state index in [9.17, 15) is 10.2 Å². The second kappa shape index (κ2) is 7.93. The predicted molar refractivity (Wildman–Crippen MR) is 89.3 cm³/mol. The van der Waals surface area contributed by atoms with Crippen molar-refractivity contribution in [3.05, 3.63) is 71.8 Å². The van der Waals surface area contributed by atoms with Crippen LogP contribution in [-0.4, -0.2) is 17.3 Å². The number of allylic oxidation sites excluding steroid dienone is 3. The number of aromatic hydroxyl groups is 2. The molecule has 2 aromatic carbocycles. The van der Waals surface area contributed by atoms with Gasteiger partial charge in [0.15, 0.2) is 11.5 Å². The second-order valence-corrected chi connectivity index (χ2v) is 4.91. The minimum Gasteiger partial charge on any atom is -0.508 e. The molecule has 0 amide bonds. The molecule has 0 aliphatic carbocycles. The second-order valence-electron chi connectivity index (χ2n) is 4.91. The Morgan fingerprint density at radius 3 is 2.45 bits per heavy atom.